The standard InChI is InChI=1S/C33H34BrN3O4S/c1-2-20-35-33(39)29(22-24-9-4-3-5-10-24)36(23-25-16-18-27(34)19-17-25)31(38)15-8-21-37-28-13-6-11-26-12-7-14-30(32(26)28)42(37,40)41/h3-7,9-14,16-19,29H,2,8,15,20-23H2,1H3,(H,35,39)/t29-/m0/s1. The van der Waals surface area contributed by atoms with E-state index in [0.29, 0.717) is 30.0 Å². The van der Waals surface area contributed by atoms with Crippen LogP contribution in [0, 0.1) is 0 Å². The maximum atomic E-state index is 13.9. The minimum absolute atomic E-state index is 0.0984. The third-order valence-corrected chi connectivity index (χ3v) is 9.90. The number of halogens is 1. The summed E-state index contributed by atoms with van der Waals surface area (Å²) in [6, 6.07) is 27.5. The second kappa shape index (κ2) is 13.1. The van der Waals surface area contributed by atoms with Crippen molar-refractivity contribution in [2.45, 2.75) is 50.1 Å². The minimum Gasteiger partial charge on any atom is -0.354 e. The third kappa shape index (κ3) is 6.37. The van der Waals surface area contributed by atoms with E-state index in [1.807, 2.05) is 85.8 Å². The van der Waals surface area contributed by atoms with Gasteiger partial charge in [0.05, 0.1) is 10.6 Å². The zero-order chi connectivity index (χ0) is 29.7. The molecule has 4 aromatic carbocycles. The van der Waals surface area contributed by atoms with Crippen LogP contribution in [0.1, 0.15) is 37.3 Å². The summed E-state index contributed by atoms with van der Waals surface area (Å²) < 4.78 is 29.2. The van der Waals surface area contributed by atoms with Gasteiger partial charge in [0.25, 0.3) is 10.0 Å². The Balaban J connectivity index is 1.38. The number of rotatable bonds is 12. The Morgan fingerprint density at radius 2 is 1.62 bits per heavy atom. The number of carbonyl (C=O) groups excluding carboxylic acids is 2. The summed E-state index contributed by atoms with van der Waals surface area (Å²) in [5, 5.41) is 4.58. The number of anilines is 1. The fraction of sp³-hybridized carbons (Fsp3) is 0.273. The van der Waals surface area contributed by atoms with Gasteiger partial charge in [-0.05, 0) is 53.6 Å². The monoisotopic (exact) mass is 647 g/mol. The molecule has 0 spiro atoms. The first-order valence-corrected chi connectivity index (χ1v) is 16.4. The highest BCUT2D eigenvalue weighted by molar-refractivity contribution is 9.10. The SMILES string of the molecule is CCCNC(=O)[C@H](Cc1ccccc1)N(Cc1ccc(Br)cc1)C(=O)CCCN1c2cccc3cccc(c23)S1(=O)=O. The molecule has 0 radical (unpaired) electrons. The molecule has 0 saturated carbocycles. The van der Waals surface area contributed by atoms with Crippen molar-refractivity contribution in [1.29, 1.82) is 0 Å². The number of nitrogens with one attached hydrogen (secondary N) is 1. The molecule has 2 amide bonds. The second-order valence-electron chi connectivity index (χ2n) is 10.5. The molecule has 0 bridgehead atoms. The van der Waals surface area contributed by atoms with Gasteiger partial charge in [0.15, 0.2) is 0 Å². The van der Waals surface area contributed by atoms with Crippen LogP contribution in [0.4, 0.5) is 5.69 Å². The van der Waals surface area contributed by atoms with Crippen LogP contribution in [0.2, 0.25) is 0 Å². The number of sulfonamides is 1. The summed E-state index contributed by atoms with van der Waals surface area (Å²) in [7, 11) is -3.71. The van der Waals surface area contributed by atoms with E-state index < -0.39 is 16.1 Å². The van der Waals surface area contributed by atoms with Crippen LogP contribution in [0.15, 0.2) is 100 Å². The van der Waals surface area contributed by atoms with Gasteiger partial charge in [-0.25, -0.2) is 8.42 Å². The molecule has 0 aliphatic carbocycles. The lowest BCUT2D eigenvalue weighted by molar-refractivity contribution is -0.141. The first kappa shape index (κ1) is 29.8. The molecule has 1 aliphatic rings. The Hall–Kier alpha value is -3.69. The molecule has 42 heavy (non-hydrogen) atoms. The highest BCUT2D eigenvalue weighted by Crippen LogP contribution is 2.42. The van der Waals surface area contributed by atoms with Gasteiger partial charge in [-0.15, -0.1) is 0 Å². The normalized spacial score (nSPS) is 14.1. The number of carbonyl (C=O) groups is 2. The Kier molecular flexibility index (Phi) is 9.28. The summed E-state index contributed by atoms with van der Waals surface area (Å²) in [5.41, 5.74) is 2.50. The molecule has 1 N–H and O–H groups in total. The minimum atomic E-state index is -3.71. The zero-order valence-electron chi connectivity index (χ0n) is 23.5. The first-order valence-electron chi connectivity index (χ1n) is 14.2. The smallest absolute Gasteiger partial charge is 0.265 e. The van der Waals surface area contributed by atoms with Crippen LogP contribution >= 0.6 is 15.9 Å². The van der Waals surface area contributed by atoms with E-state index in [1.54, 1.807) is 17.0 Å². The number of hydrogen-bond donors (Lipinski definition) is 1. The van der Waals surface area contributed by atoms with E-state index in [2.05, 4.69) is 21.2 Å². The zero-order valence-corrected chi connectivity index (χ0v) is 25.9. The first-order chi connectivity index (χ1) is 20.3. The summed E-state index contributed by atoms with van der Waals surface area (Å²) in [6.07, 6.45) is 1.56. The topological polar surface area (TPSA) is 86.8 Å². The number of nitrogens with zero attached hydrogens (tertiary/aromatic N) is 2. The fourth-order valence-electron chi connectivity index (χ4n) is 5.42. The largest absolute Gasteiger partial charge is 0.354 e. The van der Waals surface area contributed by atoms with Crippen LogP contribution in [0.5, 0.6) is 0 Å². The molecule has 5 rings (SSSR count). The molecule has 4 aromatic rings. The van der Waals surface area contributed by atoms with Crippen molar-refractivity contribution >= 4 is 54.2 Å². The van der Waals surface area contributed by atoms with Crippen molar-refractivity contribution in [2.24, 2.45) is 0 Å². The van der Waals surface area contributed by atoms with E-state index >= 15 is 0 Å². The molecule has 7 nitrogen and oxygen atoms in total. The lowest BCUT2D eigenvalue weighted by Crippen LogP contribution is -2.50. The van der Waals surface area contributed by atoms with Gasteiger partial charge in [0, 0.05) is 42.3 Å². The van der Waals surface area contributed by atoms with Gasteiger partial charge >= 0.3 is 0 Å². The third-order valence-electron chi connectivity index (χ3n) is 7.52. The Bertz CT molecular complexity index is 1670. The van der Waals surface area contributed by atoms with Crippen LogP contribution in [0.3, 0.4) is 0 Å². The maximum Gasteiger partial charge on any atom is 0.265 e. The average Bonchev–Trinajstić information content (AvgIpc) is 3.22. The molecule has 1 heterocycles. The number of benzene rings is 4. The van der Waals surface area contributed by atoms with Crippen molar-refractivity contribution in [2.75, 3.05) is 17.4 Å². The van der Waals surface area contributed by atoms with Gasteiger partial charge in [-0.2, -0.15) is 0 Å². The summed E-state index contributed by atoms with van der Waals surface area (Å²) in [6.45, 7) is 2.93. The van der Waals surface area contributed by atoms with Gasteiger partial charge in [0.2, 0.25) is 11.8 Å². The lowest BCUT2D eigenvalue weighted by atomic mass is 10.0. The Morgan fingerprint density at radius 3 is 2.33 bits per heavy atom. The van der Waals surface area contributed by atoms with Gasteiger partial charge < -0.3 is 10.2 Å². The molecular formula is C33H34BrN3O4S. The molecule has 0 fully saturated rings. The summed E-state index contributed by atoms with van der Waals surface area (Å²) in [4.78, 5) is 29.4. The van der Waals surface area contributed by atoms with Gasteiger partial charge in [-0.3, -0.25) is 13.9 Å². The quantitative estimate of drug-likeness (QED) is 0.203. The Labute approximate surface area is 255 Å². The average molecular weight is 649 g/mol. The van der Waals surface area contributed by atoms with Crippen LogP contribution < -0.4 is 9.62 Å². The fourth-order valence-corrected chi connectivity index (χ4v) is 7.44. The molecular weight excluding hydrogens is 614 g/mol. The van der Waals surface area contributed by atoms with E-state index in [0.717, 1.165) is 32.8 Å². The van der Waals surface area contributed by atoms with E-state index in [9.17, 15) is 18.0 Å². The van der Waals surface area contributed by atoms with Crippen molar-refractivity contribution < 1.29 is 18.0 Å². The molecule has 1 aliphatic heterocycles. The van der Waals surface area contributed by atoms with Gasteiger partial charge in [0.1, 0.15) is 6.04 Å². The predicted octanol–water partition coefficient (Wildman–Crippen LogP) is 6.06. The number of hydrogen-bond acceptors (Lipinski definition) is 4. The second-order valence-corrected chi connectivity index (χ2v) is 13.2. The molecule has 0 saturated heterocycles. The van der Waals surface area contributed by atoms with Gasteiger partial charge in [-0.1, -0.05) is 89.6 Å². The summed E-state index contributed by atoms with van der Waals surface area (Å²) >= 11 is 3.46. The van der Waals surface area contributed by atoms with Crippen molar-refractivity contribution in [3.63, 3.8) is 0 Å². The molecule has 0 aromatic heterocycles. The number of amides is 2. The molecule has 1 atom stereocenters. The lowest BCUT2D eigenvalue weighted by Gasteiger charge is -2.32. The molecule has 9 heteroatoms. The highest BCUT2D eigenvalue weighted by Gasteiger charge is 2.36. The van der Waals surface area contributed by atoms with Crippen molar-refractivity contribution in [3.8, 4) is 0 Å². The molecule has 218 valence electrons. The van der Waals surface area contributed by atoms with E-state index in [1.165, 1.54) is 4.31 Å². The van der Waals surface area contributed by atoms with Crippen LogP contribution in [-0.2, 0) is 32.6 Å². The van der Waals surface area contributed by atoms with Crippen molar-refractivity contribution in [1.82, 2.24) is 10.2 Å². The maximum absolute atomic E-state index is 13.9. The van der Waals surface area contributed by atoms with E-state index in [-0.39, 0.29) is 31.3 Å². The van der Waals surface area contributed by atoms with Crippen LogP contribution in [-0.4, -0.2) is 44.3 Å². The highest BCUT2D eigenvalue weighted by atomic mass is 79.9. The van der Waals surface area contributed by atoms with Crippen molar-refractivity contribution in [3.05, 3.63) is 107 Å². The van der Waals surface area contributed by atoms with Crippen LogP contribution in [0.25, 0.3) is 10.8 Å². The Morgan fingerprint density at radius 1 is 0.905 bits per heavy atom. The van der Waals surface area contributed by atoms with E-state index in [4.69, 9.17) is 0 Å². The predicted molar refractivity (Wildman–Crippen MR) is 170 cm³/mol. The molecule has 0 unspecified atom stereocenters. The summed E-state index contributed by atoms with van der Waals surface area (Å²) in [5.74, 6) is -0.395.